The van der Waals surface area contributed by atoms with Crippen LogP contribution in [0, 0.1) is 5.92 Å². The third kappa shape index (κ3) is 3.76. The van der Waals surface area contributed by atoms with Crippen LogP contribution in [0.1, 0.15) is 33.4 Å². The van der Waals surface area contributed by atoms with E-state index in [0.29, 0.717) is 18.0 Å². The zero-order chi connectivity index (χ0) is 10.6. The highest BCUT2D eigenvalue weighted by Crippen LogP contribution is 2.11. The van der Waals surface area contributed by atoms with Crippen molar-refractivity contribution in [3.05, 3.63) is 16.6 Å². The lowest BCUT2D eigenvalue weighted by Gasteiger charge is -2.24. The number of nitrogens with zero attached hydrogens (tertiary/aromatic N) is 1. The van der Waals surface area contributed by atoms with Gasteiger partial charge in [0.1, 0.15) is 0 Å². The van der Waals surface area contributed by atoms with Crippen LogP contribution in [0.5, 0.6) is 0 Å². The van der Waals surface area contributed by atoms with Crippen molar-refractivity contribution >= 4 is 11.3 Å². The molecular formula is C11H20N2S. The van der Waals surface area contributed by atoms with Gasteiger partial charge >= 0.3 is 0 Å². The maximum Gasteiger partial charge on any atom is 0.0794 e. The SMILES string of the molecule is CC(C)N[C@H](Cc1cscn1)C(C)C. The molecule has 3 heteroatoms. The zero-order valence-corrected chi connectivity index (χ0v) is 10.3. The maximum absolute atomic E-state index is 4.32. The summed E-state index contributed by atoms with van der Waals surface area (Å²) in [5.74, 6) is 0.652. The number of hydrogen-bond acceptors (Lipinski definition) is 3. The molecule has 0 radical (unpaired) electrons. The second-order valence-electron chi connectivity index (χ2n) is 4.36. The molecule has 0 saturated heterocycles. The lowest BCUT2D eigenvalue weighted by Crippen LogP contribution is -2.40. The fraction of sp³-hybridized carbons (Fsp3) is 0.727. The Morgan fingerprint density at radius 2 is 2.07 bits per heavy atom. The normalized spacial score (nSPS) is 13.9. The highest BCUT2D eigenvalue weighted by atomic mass is 32.1. The Hall–Kier alpha value is -0.410. The summed E-state index contributed by atoms with van der Waals surface area (Å²) in [6.45, 7) is 8.89. The molecule has 1 heterocycles. The Bertz CT molecular complexity index is 242. The van der Waals surface area contributed by atoms with Gasteiger partial charge in [-0.2, -0.15) is 0 Å². The van der Waals surface area contributed by atoms with Crippen LogP contribution in [-0.4, -0.2) is 17.1 Å². The van der Waals surface area contributed by atoms with Crippen molar-refractivity contribution in [3.63, 3.8) is 0 Å². The first-order valence-electron chi connectivity index (χ1n) is 5.22. The minimum Gasteiger partial charge on any atom is -0.311 e. The highest BCUT2D eigenvalue weighted by molar-refractivity contribution is 7.07. The Morgan fingerprint density at radius 1 is 1.36 bits per heavy atom. The molecule has 0 spiro atoms. The lowest BCUT2D eigenvalue weighted by molar-refractivity contribution is 0.367. The molecule has 80 valence electrons. The Labute approximate surface area is 90.8 Å². The molecule has 1 N–H and O–H groups in total. The summed E-state index contributed by atoms with van der Waals surface area (Å²) in [6, 6.07) is 1.08. The fourth-order valence-electron chi connectivity index (χ4n) is 1.48. The second kappa shape index (κ2) is 5.47. The monoisotopic (exact) mass is 212 g/mol. The molecule has 0 aromatic carbocycles. The van der Waals surface area contributed by atoms with E-state index >= 15 is 0 Å². The number of rotatable bonds is 5. The molecule has 14 heavy (non-hydrogen) atoms. The van der Waals surface area contributed by atoms with E-state index in [1.54, 1.807) is 11.3 Å². The molecule has 0 aliphatic heterocycles. The molecule has 0 fully saturated rings. The summed E-state index contributed by atoms with van der Waals surface area (Å²) in [4.78, 5) is 4.32. The fourth-order valence-corrected chi connectivity index (χ4v) is 2.05. The van der Waals surface area contributed by atoms with Gasteiger partial charge in [-0.15, -0.1) is 11.3 Å². The first kappa shape index (κ1) is 11.7. The number of thiazole rings is 1. The van der Waals surface area contributed by atoms with E-state index < -0.39 is 0 Å². The Morgan fingerprint density at radius 3 is 2.50 bits per heavy atom. The third-order valence-corrected chi connectivity index (χ3v) is 2.90. The summed E-state index contributed by atoms with van der Waals surface area (Å²) in [6.07, 6.45) is 1.04. The number of nitrogens with one attached hydrogen (secondary N) is 1. The van der Waals surface area contributed by atoms with Gasteiger partial charge in [-0.05, 0) is 5.92 Å². The summed E-state index contributed by atoms with van der Waals surface area (Å²) >= 11 is 1.67. The van der Waals surface area contributed by atoms with Crippen molar-refractivity contribution in [2.24, 2.45) is 5.92 Å². The van der Waals surface area contributed by atoms with Gasteiger partial charge in [0.25, 0.3) is 0 Å². The van der Waals surface area contributed by atoms with Crippen LogP contribution in [0.2, 0.25) is 0 Å². The minimum absolute atomic E-state index is 0.539. The Balaban J connectivity index is 2.51. The summed E-state index contributed by atoms with van der Waals surface area (Å²) in [5.41, 5.74) is 3.11. The summed E-state index contributed by atoms with van der Waals surface area (Å²) in [7, 11) is 0. The van der Waals surface area contributed by atoms with E-state index in [-0.39, 0.29) is 0 Å². The van der Waals surface area contributed by atoms with Gasteiger partial charge in [0, 0.05) is 23.9 Å². The van der Waals surface area contributed by atoms with Gasteiger partial charge in [-0.25, -0.2) is 4.98 Å². The lowest BCUT2D eigenvalue weighted by atomic mass is 9.99. The molecule has 1 atom stereocenters. The van der Waals surface area contributed by atoms with E-state index in [4.69, 9.17) is 0 Å². The molecule has 0 unspecified atom stereocenters. The minimum atomic E-state index is 0.539. The maximum atomic E-state index is 4.32. The summed E-state index contributed by atoms with van der Waals surface area (Å²) in [5, 5.41) is 5.72. The van der Waals surface area contributed by atoms with Gasteiger partial charge in [0.15, 0.2) is 0 Å². The second-order valence-corrected chi connectivity index (χ2v) is 5.07. The topological polar surface area (TPSA) is 24.9 Å². The van der Waals surface area contributed by atoms with Crippen molar-refractivity contribution in [3.8, 4) is 0 Å². The largest absolute Gasteiger partial charge is 0.311 e. The van der Waals surface area contributed by atoms with Gasteiger partial charge in [0.2, 0.25) is 0 Å². The predicted molar refractivity (Wildman–Crippen MR) is 62.7 cm³/mol. The van der Waals surface area contributed by atoms with Crippen LogP contribution in [0.15, 0.2) is 10.9 Å². The van der Waals surface area contributed by atoms with Gasteiger partial charge in [-0.3, -0.25) is 0 Å². The molecular weight excluding hydrogens is 192 g/mol. The first-order valence-corrected chi connectivity index (χ1v) is 6.17. The van der Waals surface area contributed by atoms with Gasteiger partial charge < -0.3 is 5.32 Å². The van der Waals surface area contributed by atoms with E-state index in [1.165, 1.54) is 5.69 Å². The van der Waals surface area contributed by atoms with Crippen molar-refractivity contribution in [1.29, 1.82) is 0 Å². The number of aromatic nitrogens is 1. The molecule has 1 aromatic heterocycles. The predicted octanol–water partition coefficient (Wildman–Crippen LogP) is 2.71. The van der Waals surface area contributed by atoms with Crippen LogP contribution in [-0.2, 0) is 6.42 Å². The highest BCUT2D eigenvalue weighted by Gasteiger charge is 2.15. The molecule has 1 rings (SSSR count). The van der Waals surface area contributed by atoms with Crippen molar-refractivity contribution in [2.75, 3.05) is 0 Å². The summed E-state index contributed by atoms with van der Waals surface area (Å²) < 4.78 is 0. The van der Waals surface area contributed by atoms with Gasteiger partial charge in [-0.1, -0.05) is 27.7 Å². The third-order valence-electron chi connectivity index (χ3n) is 2.26. The van der Waals surface area contributed by atoms with Crippen molar-refractivity contribution < 1.29 is 0 Å². The molecule has 2 nitrogen and oxygen atoms in total. The molecule has 0 aliphatic carbocycles. The van der Waals surface area contributed by atoms with Crippen molar-refractivity contribution in [2.45, 2.75) is 46.2 Å². The molecule has 0 amide bonds. The molecule has 0 saturated carbocycles. The van der Waals surface area contributed by atoms with Gasteiger partial charge in [0.05, 0.1) is 11.2 Å². The average molecular weight is 212 g/mol. The molecule has 0 bridgehead atoms. The van der Waals surface area contributed by atoms with E-state index in [2.05, 4.69) is 43.4 Å². The average Bonchev–Trinajstić information content (AvgIpc) is 2.54. The van der Waals surface area contributed by atoms with E-state index in [1.807, 2.05) is 5.51 Å². The first-order chi connectivity index (χ1) is 6.59. The Kier molecular flexibility index (Phi) is 4.55. The van der Waals surface area contributed by atoms with Crippen molar-refractivity contribution in [1.82, 2.24) is 10.3 Å². The zero-order valence-electron chi connectivity index (χ0n) is 9.45. The molecule has 0 aliphatic rings. The molecule has 1 aromatic rings. The van der Waals surface area contributed by atoms with Crippen LogP contribution >= 0.6 is 11.3 Å². The standard InChI is InChI=1S/C11H20N2S/c1-8(2)11(13-9(3)4)5-10-6-14-7-12-10/h6-9,11,13H,5H2,1-4H3/t11-/m1/s1. The van der Waals surface area contributed by atoms with E-state index in [9.17, 15) is 0 Å². The quantitative estimate of drug-likeness (QED) is 0.811. The van der Waals surface area contributed by atoms with Crippen LogP contribution in [0.25, 0.3) is 0 Å². The number of hydrogen-bond donors (Lipinski definition) is 1. The smallest absolute Gasteiger partial charge is 0.0794 e. The van der Waals surface area contributed by atoms with Crippen LogP contribution in [0.4, 0.5) is 0 Å². The van der Waals surface area contributed by atoms with Crippen LogP contribution in [0.3, 0.4) is 0 Å². The van der Waals surface area contributed by atoms with Crippen LogP contribution < -0.4 is 5.32 Å². The van der Waals surface area contributed by atoms with E-state index in [0.717, 1.165) is 6.42 Å².